The third kappa shape index (κ3) is 4.49. The van der Waals surface area contributed by atoms with Gasteiger partial charge < -0.3 is 14.3 Å². The Labute approximate surface area is 162 Å². The lowest BCUT2D eigenvalue weighted by molar-refractivity contribution is 0.104. The number of fused-ring (bicyclic) bond motifs is 1. The van der Waals surface area contributed by atoms with Gasteiger partial charge in [-0.25, -0.2) is 4.79 Å². The van der Waals surface area contributed by atoms with Crippen molar-refractivity contribution in [3.05, 3.63) is 76.2 Å². The van der Waals surface area contributed by atoms with Crippen LogP contribution in [0.2, 0.25) is 0 Å². The van der Waals surface area contributed by atoms with E-state index in [4.69, 9.17) is 9.15 Å². The van der Waals surface area contributed by atoms with Crippen molar-refractivity contribution in [2.24, 2.45) is 0 Å². The molecular weight excluding hydrogens is 356 g/mol. The number of carbonyl (C=O) groups is 1. The van der Waals surface area contributed by atoms with E-state index in [1.54, 1.807) is 30.3 Å². The van der Waals surface area contributed by atoms with Crippen molar-refractivity contribution in [3.8, 4) is 11.5 Å². The van der Waals surface area contributed by atoms with Crippen molar-refractivity contribution in [2.45, 2.75) is 26.2 Å². The Hall–Kier alpha value is -3.34. The van der Waals surface area contributed by atoms with E-state index in [0.717, 1.165) is 30.6 Å². The fraction of sp³-hybridized carbons (Fsp3) is 0.217. The van der Waals surface area contributed by atoms with Gasteiger partial charge in [-0.05, 0) is 42.3 Å². The van der Waals surface area contributed by atoms with Gasteiger partial charge in [0, 0.05) is 0 Å². The van der Waals surface area contributed by atoms with E-state index < -0.39 is 11.4 Å². The molecule has 3 aromatic rings. The molecule has 0 saturated heterocycles. The molecule has 0 saturated carbocycles. The van der Waals surface area contributed by atoms with Gasteiger partial charge in [-0.2, -0.15) is 0 Å². The average Bonchev–Trinajstić information content (AvgIpc) is 2.70. The van der Waals surface area contributed by atoms with E-state index in [0.29, 0.717) is 12.0 Å². The molecule has 5 nitrogen and oxygen atoms in total. The van der Waals surface area contributed by atoms with Crippen molar-refractivity contribution in [1.82, 2.24) is 0 Å². The summed E-state index contributed by atoms with van der Waals surface area (Å²) >= 11 is 0. The van der Waals surface area contributed by atoms with Crippen molar-refractivity contribution >= 4 is 22.8 Å². The number of hydrogen-bond donors (Lipinski definition) is 1. The molecule has 0 fully saturated rings. The highest BCUT2D eigenvalue weighted by Gasteiger charge is 2.18. The number of para-hydroxylation sites is 1. The largest absolute Gasteiger partial charge is 0.506 e. The number of aromatic hydroxyl groups is 1. The fourth-order valence-corrected chi connectivity index (χ4v) is 2.82. The summed E-state index contributed by atoms with van der Waals surface area (Å²) in [5.74, 6) is -0.207. The summed E-state index contributed by atoms with van der Waals surface area (Å²) in [6, 6.07) is 13.8. The first-order valence-corrected chi connectivity index (χ1v) is 9.30. The summed E-state index contributed by atoms with van der Waals surface area (Å²) in [5, 5.41) is 10.6. The number of carbonyl (C=O) groups excluding carboxylic acids is 1. The maximum Gasteiger partial charge on any atom is 0.351 e. The van der Waals surface area contributed by atoms with Crippen LogP contribution in [0.25, 0.3) is 17.0 Å². The molecule has 1 heterocycles. The minimum atomic E-state index is -0.860. The molecule has 3 rings (SSSR count). The third-order valence-corrected chi connectivity index (χ3v) is 4.36. The molecule has 0 bridgehead atoms. The van der Waals surface area contributed by atoms with E-state index >= 15 is 0 Å². The number of benzene rings is 2. The topological polar surface area (TPSA) is 76.7 Å². The van der Waals surface area contributed by atoms with Crippen molar-refractivity contribution in [2.75, 3.05) is 6.61 Å². The molecule has 1 aromatic heterocycles. The van der Waals surface area contributed by atoms with Crippen molar-refractivity contribution < 1.29 is 19.1 Å². The second kappa shape index (κ2) is 9.04. The van der Waals surface area contributed by atoms with Crippen molar-refractivity contribution in [3.63, 3.8) is 0 Å². The summed E-state index contributed by atoms with van der Waals surface area (Å²) in [6.07, 6.45) is 6.13. The number of ketones is 1. The molecule has 0 unspecified atom stereocenters. The Bertz CT molecular complexity index is 1040. The molecule has 0 amide bonds. The van der Waals surface area contributed by atoms with Gasteiger partial charge in [-0.3, -0.25) is 4.79 Å². The minimum Gasteiger partial charge on any atom is -0.506 e. The lowest BCUT2D eigenvalue weighted by atomic mass is 10.1. The maximum atomic E-state index is 12.4. The van der Waals surface area contributed by atoms with Crippen LogP contribution in [0, 0.1) is 0 Å². The van der Waals surface area contributed by atoms with Crippen LogP contribution in [0.4, 0.5) is 0 Å². The highest BCUT2D eigenvalue weighted by Crippen LogP contribution is 2.26. The van der Waals surface area contributed by atoms with Gasteiger partial charge in [-0.15, -0.1) is 0 Å². The van der Waals surface area contributed by atoms with Crippen LogP contribution in [0.15, 0.2) is 63.8 Å². The lowest BCUT2D eigenvalue weighted by Gasteiger charge is -2.05. The molecule has 0 aliphatic heterocycles. The smallest absolute Gasteiger partial charge is 0.351 e. The number of rotatable bonds is 8. The van der Waals surface area contributed by atoms with E-state index in [1.165, 1.54) is 6.08 Å². The molecule has 0 aliphatic rings. The number of ether oxygens (including phenoxy) is 1. The molecular formula is C23H22O5. The zero-order valence-corrected chi connectivity index (χ0v) is 15.7. The van der Waals surface area contributed by atoms with Crippen LogP contribution in [-0.2, 0) is 0 Å². The molecule has 0 radical (unpaired) electrons. The minimum absolute atomic E-state index is 0.236. The number of hydrogen-bond acceptors (Lipinski definition) is 5. The normalized spacial score (nSPS) is 11.2. The average molecular weight is 378 g/mol. The molecule has 28 heavy (non-hydrogen) atoms. The Morgan fingerprint density at radius 2 is 1.86 bits per heavy atom. The second-order valence-corrected chi connectivity index (χ2v) is 6.43. The summed E-state index contributed by atoms with van der Waals surface area (Å²) < 4.78 is 10.8. The van der Waals surface area contributed by atoms with E-state index in [-0.39, 0.29) is 16.9 Å². The summed E-state index contributed by atoms with van der Waals surface area (Å²) in [4.78, 5) is 24.5. The van der Waals surface area contributed by atoms with Crippen molar-refractivity contribution in [1.29, 1.82) is 0 Å². The first-order valence-electron chi connectivity index (χ1n) is 9.30. The van der Waals surface area contributed by atoms with Crippen LogP contribution in [0.1, 0.15) is 42.1 Å². The van der Waals surface area contributed by atoms with Gasteiger partial charge >= 0.3 is 5.63 Å². The molecule has 2 aromatic carbocycles. The zero-order valence-electron chi connectivity index (χ0n) is 15.7. The standard InChI is InChI=1S/C23H22O5/c1-2-3-6-15-27-17-12-9-16(10-13-17)11-14-19(24)21-22(25)18-7-4-5-8-20(18)28-23(21)26/h4-5,7-14,25H,2-3,6,15H2,1H3. The van der Waals surface area contributed by atoms with Gasteiger partial charge in [0.15, 0.2) is 5.78 Å². The van der Waals surface area contributed by atoms with Crippen LogP contribution in [0.5, 0.6) is 11.5 Å². The first-order chi connectivity index (χ1) is 13.6. The van der Waals surface area contributed by atoms with Gasteiger partial charge in [0.25, 0.3) is 0 Å². The zero-order chi connectivity index (χ0) is 19.9. The van der Waals surface area contributed by atoms with E-state index in [2.05, 4.69) is 6.92 Å². The molecule has 0 spiro atoms. The summed E-state index contributed by atoms with van der Waals surface area (Å²) in [5.41, 5.74) is -0.216. The quantitative estimate of drug-likeness (QED) is 0.259. The number of unbranched alkanes of at least 4 members (excludes halogenated alkanes) is 2. The SMILES string of the molecule is CCCCCOc1ccc(C=CC(=O)c2c(O)c3ccccc3oc2=O)cc1. The summed E-state index contributed by atoms with van der Waals surface area (Å²) in [6.45, 7) is 2.82. The predicted molar refractivity (Wildman–Crippen MR) is 109 cm³/mol. The van der Waals surface area contributed by atoms with Gasteiger partial charge in [0.05, 0.1) is 12.0 Å². The molecule has 5 heteroatoms. The highest BCUT2D eigenvalue weighted by molar-refractivity contribution is 6.10. The highest BCUT2D eigenvalue weighted by atomic mass is 16.5. The first kappa shape index (κ1) is 19.4. The van der Waals surface area contributed by atoms with Crippen LogP contribution in [0.3, 0.4) is 0 Å². The summed E-state index contributed by atoms with van der Waals surface area (Å²) in [7, 11) is 0. The predicted octanol–water partition coefficient (Wildman–Crippen LogP) is 4.96. The van der Waals surface area contributed by atoms with E-state index in [9.17, 15) is 14.7 Å². The van der Waals surface area contributed by atoms with Gasteiger partial charge in [-0.1, -0.05) is 50.1 Å². The molecule has 144 valence electrons. The Morgan fingerprint density at radius 3 is 2.61 bits per heavy atom. The van der Waals surface area contributed by atoms with Crippen LogP contribution in [-0.4, -0.2) is 17.5 Å². The molecule has 1 N–H and O–H groups in total. The monoisotopic (exact) mass is 378 g/mol. The Balaban J connectivity index is 1.73. The van der Waals surface area contributed by atoms with E-state index in [1.807, 2.05) is 24.3 Å². The molecule has 0 atom stereocenters. The fourth-order valence-electron chi connectivity index (χ4n) is 2.82. The number of allylic oxidation sites excluding steroid dienone is 1. The van der Waals surface area contributed by atoms with Gasteiger partial charge in [0.2, 0.25) is 0 Å². The molecule has 0 aliphatic carbocycles. The maximum absolute atomic E-state index is 12.4. The lowest BCUT2D eigenvalue weighted by Crippen LogP contribution is -2.12. The van der Waals surface area contributed by atoms with Crippen LogP contribution >= 0.6 is 0 Å². The Kier molecular flexibility index (Phi) is 6.27. The second-order valence-electron chi connectivity index (χ2n) is 6.43. The van der Waals surface area contributed by atoms with Crippen LogP contribution < -0.4 is 10.4 Å². The third-order valence-electron chi connectivity index (χ3n) is 4.36. The Morgan fingerprint density at radius 1 is 1.11 bits per heavy atom. The van der Waals surface area contributed by atoms with Gasteiger partial charge in [0.1, 0.15) is 22.6 Å².